The molecule has 1 atom stereocenters. The zero-order chi connectivity index (χ0) is 20.8. The second kappa shape index (κ2) is 9.11. The first kappa shape index (κ1) is 20.2. The number of rotatable bonds is 6. The van der Waals surface area contributed by atoms with E-state index in [0.29, 0.717) is 35.0 Å². The Labute approximate surface area is 169 Å². The molecule has 2 aromatic carbocycles. The molecule has 1 aromatic heterocycles. The van der Waals surface area contributed by atoms with Crippen LogP contribution in [-0.2, 0) is 6.54 Å². The zero-order valence-electron chi connectivity index (χ0n) is 16.6. The van der Waals surface area contributed by atoms with E-state index in [4.69, 9.17) is 14.4 Å². The number of benzene rings is 2. The summed E-state index contributed by atoms with van der Waals surface area (Å²) in [6, 6.07) is 13.8. The molecule has 0 saturated carbocycles. The average Bonchev–Trinajstić information content (AvgIpc) is 3.18. The summed E-state index contributed by atoms with van der Waals surface area (Å²) in [5.74, 6) is 1.55. The second-order valence-electron chi connectivity index (χ2n) is 6.47. The fraction of sp³-hybridized carbons (Fsp3) is 0.273. The Balaban J connectivity index is 1.70. The Hall–Kier alpha value is -3.53. The lowest BCUT2D eigenvalue weighted by Gasteiger charge is -2.16. The number of aliphatic imine (C=N–C) groups is 1. The largest absolute Gasteiger partial charge is 0.490 e. The zero-order valence-corrected chi connectivity index (χ0v) is 16.6. The van der Waals surface area contributed by atoms with E-state index in [1.807, 2.05) is 44.2 Å². The number of nitriles is 1. The maximum Gasteiger partial charge on any atom is 0.191 e. The van der Waals surface area contributed by atoms with Gasteiger partial charge in [-0.3, -0.25) is 4.99 Å². The number of nitrogens with zero attached hydrogens (tertiary/aromatic N) is 2. The van der Waals surface area contributed by atoms with Gasteiger partial charge >= 0.3 is 0 Å². The van der Waals surface area contributed by atoms with Crippen molar-refractivity contribution in [3.05, 3.63) is 65.2 Å². The minimum absolute atomic E-state index is 0.182. The smallest absolute Gasteiger partial charge is 0.191 e. The van der Waals surface area contributed by atoms with Crippen molar-refractivity contribution < 1.29 is 13.5 Å². The number of hydrogen-bond acceptors (Lipinski definition) is 4. The first-order valence-corrected chi connectivity index (χ1v) is 9.36. The molecular weight excluding hydrogens is 371 g/mol. The van der Waals surface area contributed by atoms with Crippen LogP contribution in [-0.4, -0.2) is 19.6 Å². The van der Waals surface area contributed by atoms with Gasteiger partial charge in [0.2, 0.25) is 0 Å². The van der Waals surface area contributed by atoms with Crippen LogP contribution in [0.25, 0.3) is 11.0 Å². The highest BCUT2D eigenvalue weighted by atomic mass is 19.1. The van der Waals surface area contributed by atoms with E-state index >= 15 is 0 Å². The van der Waals surface area contributed by atoms with Crippen LogP contribution in [0, 0.1) is 17.1 Å². The van der Waals surface area contributed by atoms with Crippen molar-refractivity contribution in [2.75, 3.05) is 13.7 Å². The molecule has 29 heavy (non-hydrogen) atoms. The van der Waals surface area contributed by atoms with Gasteiger partial charge < -0.3 is 19.8 Å². The molecule has 0 amide bonds. The first-order chi connectivity index (χ1) is 14.0. The summed E-state index contributed by atoms with van der Waals surface area (Å²) >= 11 is 0. The van der Waals surface area contributed by atoms with Gasteiger partial charge in [0.25, 0.3) is 0 Å². The quantitative estimate of drug-likeness (QED) is 0.482. The van der Waals surface area contributed by atoms with Crippen LogP contribution in [0.5, 0.6) is 5.75 Å². The highest BCUT2D eigenvalue weighted by molar-refractivity contribution is 5.84. The predicted molar refractivity (Wildman–Crippen MR) is 110 cm³/mol. The van der Waals surface area contributed by atoms with Crippen LogP contribution in [0.4, 0.5) is 4.39 Å². The SMILES string of the molecule is CCOc1cccc2cc(C(C)NC(=NC)NCc3cc(C#N)ccc3F)oc12. The van der Waals surface area contributed by atoms with E-state index in [-0.39, 0.29) is 18.4 Å². The van der Waals surface area contributed by atoms with E-state index < -0.39 is 0 Å². The van der Waals surface area contributed by atoms with E-state index in [0.717, 1.165) is 11.1 Å². The minimum atomic E-state index is -0.374. The molecule has 1 heterocycles. The summed E-state index contributed by atoms with van der Waals surface area (Å²) in [6.45, 7) is 4.63. The molecule has 0 radical (unpaired) electrons. The molecule has 0 aliphatic rings. The summed E-state index contributed by atoms with van der Waals surface area (Å²) in [5.41, 5.74) is 1.51. The number of ether oxygens (including phenoxy) is 1. The fourth-order valence-electron chi connectivity index (χ4n) is 2.97. The highest BCUT2D eigenvalue weighted by Crippen LogP contribution is 2.31. The minimum Gasteiger partial charge on any atom is -0.490 e. The van der Waals surface area contributed by atoms with Crippen LogP contribution in [0.2, 0.25) is 0 Å². The number of hydrogen-bond donors (Lipinski definition) is 2. The summed E-state index contributed by atoms with van der Waals surface area (Å²) < 4.78 is 25.6. The molecule has 2 N–H and O–H groups in total. The maximum atomic E-state index is 14.0. The average molecular weight is 394 g/mol. The normalized spacial score (nSPS) is 12.4. The van der Waals surface area contributed by atoms with Gasteiger partial charge in [0, 0.05) is 24.5 Å². The second-order valence-corrected chi connectivity index (χ2v) is 6.47. The lowest BCUT2D eigenvalue weighted by Crippen LogP contribution is -2.38. The molecule has 150 valence electrons. The number of halogens is 1. The standard InChI is InChI=1S/C22H23FN4O2/c1-4-28-19-7-5-6-16-11-20(29-21(16)19)14(2)27-22(25-3)26-13-17-10-15(12-24)8-9-18(17)23/h5-11,14H,4,13H2,1-3H3,(H2,25,26,27). The molecule has 6 nitrogen and oxygen atoms in total. The van der Waals surface area contributed by atoms with Gasteiger partial charge in [0.15, 0.2) is 17.3 Å². The van der Waals surface area contributed by atoms with Crippen molar-refractivity contribution >= 4 is 16.9 Å². The van der Waals surface area contributed by atoms with Crippen molar-refractivity contribution in [1.29, 1.82) is 5.26 Å². The third-order valence-corrected chi connectivity index (χ3v) is 4.45. The van der Waals surface area contributed by atoms with E-state index in [9.17, 15) is 4.39 Å². The van der Waals surface area contributed by atoms with Crippen LogP contribution < -0.4 is 15.4 Å². The summed E-state index contributed by atoms with van der Waals surface area (Å²) in [5, 5.41) is 16.2. The van der Waals surface area contributed by atoms with Gasteiger partial charge in [-0.25, -0.2) is 4.39 Å². The number of fused-ring (bicyclic) bond motifs is 1. The van der Waals surface area contributed by atoms with Gasteiger partial charge in [-0.2, -0.15) is 5.26 Å². The van der Waals surface area contributed by atoms with Gasteiger partial charge in [-0.05, 0) is 44.2 Å². The molecule has 1 unspecified atom stereocenters. The van der Waals surface area contributed by atoms with Crippen LogP contribution in [0.3, 0.4) is 0 Å². The molecule has 0 saturated heterocycles. The molecule has 3 aromatic rings. The lowest BCUT2D eigenvalue weighted by atomic mass is 10.1. The Kier molecular flexibility index (Phi) is 6.35. The van der Waals surface area contributed by atoms with Gasteiger partial charge in [-0.1, -0.05) is 12.1 Å². The lowest BCUT2D eigenvalue weighted by molar-refractivity contribution is 0.336. The van der Waals surface area contributed by atoms with Crippen molar-refractivity contribution in [1.82, 2.24) is 10.6 Å². The fourth-order valence-corrected chi connectivity index (χ4v) is 2.97. The van der Waals surface area contributed by atoms with E-state index in [2.05, 4.69) is 15.6 Å². The van der Waals surface area contributed by atoms with Crippen LogP contribution >= 0.6 is 0 Å². The van der Waals surface area contributed by atoms with Gasteiger partial charge in [0.1, 0.15) is 11.6 Å². The molecule has 0 bridgehead atoms. The Morgan fingerprint density at radius 2 is 2.14 bits per heavy atom. The highest BCUT2D eigenvalue weighted by Gasteiger charge is 2.16. The van der Waals surface area contributed by atoms with Crippen molar-refractivity contribution in [3.63, 3.8) is 0 Å². The summed E-state index contributed by atoms with van der Waals surface area (Å²) in [4.78, 5) is 4.18. The van der Waals surface area contributed by atoms with Gasteiger partial charge in [-0.15, -0.1) is 0 Å². The molecule has 0 aliphatic heterocycles. The molecule has 0 aliphatic carbocycles. The number of furan rings is 1. The molecule has 3 rings (SSSR count). The Morgan fingerprint density at radius 1 is 1.31 bits per heavy atom. The van der Waals surface area contributed by atoms with Crippen molar-refractivity contribution in [2.45, 2.75) is 26.4 Å². The Bertz CT molecular complexity index is 1070. The molecular formula is C22H23FN4O2. The van der Waals surface area contributed by atoms with Crippen molar-refractivity contribution in [3.8, 4) is 11.8 Å². The predicted octanol–water partition coefficient (Wildman–Crippen LogP) is 4.27. The van der Waals surface area contributed by atoms with E-state index in [1.54, 1.807) is 7.05 Å². The first-order valence-electron chi connectivity index (χ1n) is 9.36. The maximum absolute atomic E-state index is 14.0. The Morgan fingerprint density at radius 3 is 2.86 bits per heavy atom. The summed E-state index contributed by atoms with van der Waals surface area (Å²) in [7, 11) is 1.63. The topological polar surface area (TPSA) is 82.6 Å². The van der Waals surface area contributed by atoms with Gasteiger partial charge in [0.05, 0.1) is 24.3 Å². The summed E-state index contributed by atoms with van der Waals surface area (Å²) in [6.07, 6.45) is 0. The third-order valence-electron chi connectivity index (χ3n) is 4.45. The van der Waals surface area contributed by atoms with Crippen LogP contribution in [0.1, 0.15) is 36.8 Å². The molecule has 0 fully saturated rings. The van der Waals surface area contributed by atoms with Crippen molar-refractivity contribution in [2.24, 2.45) is 4.99 Å². The molecule has 7 heteroatoms. The van der Waals surface area contributed by atoms with E-state index in [1.165, 1.54) is 18.2 Å². The number of nitrogens with one attached hydrogen (secondary N) is 2. The monoisotopic (exact) mass is 394 g/mol. The molecule has 0 spiro atoms. The third kappa shape index (κ3) is 4.66. The number of guanidine groups is 1. The number of para-hydroxylation sites is 1. The van der Waals surface area contributed by atoms with Crippen LogP contribution in [0.15, 0.2) is 51.9 Å².